The van der Waals surface area contributed by atoms with E-state index in [-0.39, 0.29) is 0 Å². The molecular weight excluding hydrogens is 318 g/mol. The van der Waals surface area contributed by atoms with Gasteiger partial charge in [-0.1, -0.05) is 18.2 Å². The maximum atomic E-state index is 5.44. The van der Waals surface area contributed by atoms with E-state index in [9.17, 15) is 0 Å². The maximum Gasteiger partial charge on any atom is 0.129 e. The van der Waals surface area contributed by atoms with Crippen molar-refractivity contribution in [2.24, 2.45) is 0 Å². The minimum Gasteiger partial charge on any atom is -0.496 e. The normalized spacial score (nSPS) is 12.3. The largest absolute Gasteiger partial charge is 0.496 e. The fourth-order valence-electron chi connectivity index (χ4n) is 2.59. The lowest BCUT2D eigenvalue weighted by Gasteiger charge is -2.23. The quantitative estimate of drug-likeness (QED) is 0.667. The van der Waals surface area contributed by atoms with Crippen LogP contribution in [0.4, 0.5) is 0 Å². The summed E-state index contributed by atoms with van der Waals surface area (Å²) in [4.78, 5) is 12.3. The summed E-state index contributed by atoms with van der Waals surface area (Å²) in [5.74, 6) is 0.857. The molecule has 0 saturated heterocycles. The Balaban J connectivity index is 1.74. The summed E-state index contributed by atoms with van der Waals surface area (Å²) >= 11 is 1.71. The zero-order valence-corrected chi connectivity index (χ0v) is 15.0. The molecule has 1 aromatic carbocycles. The Hall–Kier alpha value is -2.24. The highest BCUT2D eigenvalue weighted by atomic mass is 32.1. The highest BCUT2D eigenvalue weighted by Gasteiger charge is 2.15. The van der Waals surface area contributed by atoms with E-state index in [0.717, 1.165) is 22.9 Å². The van der Waals surface area contributed by atoms with Gasteiger partial charge in [0.2, 0.25) is 0 Å². The lowest BCUT2D eigenvalue weighted by Crippen LogP contribution is -2.21. The van der Waals surface area contributed by atoms with Crippen molar-refractivity contribution in [3.8, 4) is 16.3 Å². The fourth-order valence-corrected chi connectivity index (χ4v) is 3.59. The molecule has 124 valence electrons. The topological polar surface area (TPSA) is 38.2 Å². The first-order valence-corrected chi connectivity index (χ1v) is 8.69. The van der Waals surface area contributed by atoms with Crippen molar-refractivity contribution in [3.63, 3.8) is 0 Å². The molecule has 4 nitrogen and oxygen atoms in total. The summed E-state index contributed by atoms with van der Waals surface area (Å²) in [6, 6.07) is 12.4. The first kappa shape index (κ1) is 16.6. The minimum atomic E-state index is 0.301. The number of pyridine rings is 1. The molecule has 3 rings (SSSR count). The third-order valence-electron chi connectivity index (χ3n) is 4.12. The van der Waals surface area contributed by atoms with Crippen LogP contribution in [0.3, 0.4) is 0 Å². The van der Waals surface area contributed by atoms with Crippen LogP contribution in [0, 0.1) is 0 Å². The lowest BCUT2D eigenvalue weighted by atomic mass is 10.1. The molecule has 1 atom stereocenters. The molecule has 0 saturated carbocycles. The number of hydrogen-bond acceptors (Lipinski definition) is 5. The van der Waals surface area contributed by atoms with Gasteiger partial charge in [-0.3, -0.25) is 9.88 Å². The molecule has 3 aromatic rings. The smallest absolute Gasteiger partial charge is 0.129 e. The van der Waals surface area contributed by atoms with E-state index in [4.69, 9.17) is 4.74 Å². The lowest BCUT2D eigenvalue weighted by molar-refractivity contribution is 0.255. The average Bonchev–Trinajstić information content (AvgIpc) is 3.10. The summed E-state index contributed by atoms with van der Waals surface area (Å²) in [6.45, 7) is 3.04. The first-order chi connectivity index (χ1) is 11.7. The summed E-state index contributed by atoms with van der Waals surface area (Å²) in [5.41, 5.74) is 2.26. The van der Waals surface area contributed by atoms with E-state index in [0.29, 0.717) is 6.04 Å². The van der Waals surface area contributed by atoms with Crippen LogP contribution in [0.15, 0.2) is 55.0 Å². The Morgan fingerprint density at radius 1 is 1.17 bits per heavy atom. The second kappa shape index (κ2) is 7.55. The molecule has 0 fully saturated rings. The van der Waals surface area contributed by atoms with Crippen molar-refractivity contribution in [1.29, 1.82) is 0 Å². The first-order valence-electron chi connectivity index (χ1n) is 7.87. The van der Waals surface area contributed by atoms with Gasteiger partial charge in [0, 0.05) is 36.1 Å². The van der Waals surface area contributed by atoms with Crippen molar-refractivity contribution in [3.05, 3.63) is 65.4 Å². The summed E-state index contributed by atoms with van der Waals surface area (Å²) in [6.07, 6.45) is 5.69. The molecule has 1 unspecified atom stereocenters. The molecule has 0 aliphatic heterocycles. The van der Waals surface area contributed by atoms with Crippen molar-refractivity contribution >= 4 is 11.3 Å². The molecule has 0 radical (unpaired) electrons. The minimum absolute atomic E-state index is 0.301. The molecule has 2 aromatic heterocycles. The van der Waals surface area contributed by atoms with Crippen molar-refractivity contribution in [2.75, 3.05) is 14.2 Å². The number of aromatic nitrogens is 2. The van der Waals surface area contributed by atoms with E-state index < -0.39 is 0 Å². The van der Waals surface area contributed by atoms with Crippen molar-refractivity contribution < 1.29 is 4.74 Å². The number of rotatable bonds is 6. The van der Waals surface area contributed by atoms with E-state index in [1.165, 1.54) is 10.4 Å². The van der Waals surface area contributed by atoms with Crippen LogP contribution in [0.25, 0.3) is 10.6 Å². The van der Waals surface area contributed by atoms with Gasteiger partial charge in [-0.05, 0) is 37.7 Å². The molecule has 24 heavy (non-hydrogen) atoms. The standard InChI is InChI=1S/C19H21N3OS/c1-14(15-7-6-10-20-11-15)22(2)13-16-12-21-19(24-16)17-8-4-5-9-18(17)23-3/h4-12,14H,13H2,1-3H3. The molecular formula is C19H21N3OS. The van der Waals surface area contributed by atoms with E-state index in [1.54, 1.807) is 24.6 Å². The molecule has 0 amide bonds. The predicted octanol–water partition coefficient (Wildman–Crippen LogP) is 4.41. The van der Waals surface area contributed by atoms with Gasteiger partial charge in [-0.25, -0.2) is 4.98 Å². The average molecular weight is 339 g/mol. The number of hydrogen-bond donors (Lipinski definition) is 0. The highest BCUT2D eigenvalue weighted by Crippen LogP contribution is 2.33. The van der Waals surface area contributed by atoms with Gasteiger partial charge >= 0.3 is 0 Å². The Morgan fingerprint density at radius 3 is 2.75 bits per heavy atom. The zero-order chi connectivity index (χ0) is 16.9. The maximum absolute atomic E-state index is 5.44. The van der Waals surface area contributed by atoms with Gasteiger partial charge in [-0.2, -0.15) is 0 Å². The highest BCUT2D eigenvalue weighted by molar-refractivity contribution is 7.15. The van der Waals surface area contributed by atoms with Crippen LogP contribution < -0.4 is 4.74 Å². The summed E-state index contributed by atoms with van der Waals surface area (Å²) < 4.78 is 5.44. The van der Waals surface area contributed by atoms with Gasteiger partial charge in [0.05, 0.1) is 12.7 Å². The van der Waals surface area contributed by atoms with Crippen LogP contribution in [0.5, 0.6) is 5.75 Å². The predicted molar refractivity (Wildman–Crippen MR) is 98.2 cm³/mol. The Morgan fingerprint density at radius 2 is 2.00 bits per heavy atom. The second-order valence-corrected chi connectivity index (χ2v) is 6.82. The van der Waals surface area contributed by atoms with E-state index in [2.05, 4.69) is 34.9 Å². The van der Waals surface area contributed by atoms with Crippen LogP contribution in [0.1, 0.15) is 23.4 Å². The van der Waals surface area contributed by atoms with E-state index in [1.807, 2.05) is 42.7 Å². The molecule has 2 heterocycles. The number of thiazole rings is 1. The van der Waals surface area contributed by atoms with Gasteiger partial charge in [0.1, 0.15) is 10.8 Å². The van der Waals surface area contributed by atoms with Gasteiger partial charge in [-0.15, -0.1) is 11.3 Å². The molecule has 0 spiro atoms. The fraction of sp³-hybridized carbons (Fsp3) is 0.263. The Labute approximate surface area is 146 Å². The Bertz CT molecular complexity index is 788. The van der Waals surface area contributed by atoms with E-state index >= 15 is 0 Å². The molecule has 0 bridgehead atoms. The van der Waals surface area contributed by atoms with Crippen LogP contribution in [-0.4, -0.2) is 29.0 Å². The number of nitrogens with zero attached hydrogens (tertiary/aromatic N) is 3. The molecule has 0 N–H and O–H groups in total. The Kier molecular flexibility index (Phi) is 5.23. The molecule has 5 heteroatoms. The van der Waals surface area contributed by atoms with Gasteiger partial charge in [0.15, 0.2) is 0 Å². The number of methoxy groups -OCH3 is 1. The van der Waals surface area contributed by atoms with Crippen LogP contribution >= 0.6 is 11.3 Å². The second-order valence-electron chi connectivity index (χ2n) is 5.71. The van der Waals surface area contributed by atoms with Crippen molar-refractivity contribution in [1.82, 2.24) is 14.9 Å². The molecule has 0 aliphatic carbocycles. The number of ether oxygens (including phenoxy) is 1. The number of benzene rings is 1. The van der Waals surface area contributed by atoms with Crippen molar-refractivity contribution in [2.45, 2.75) is 19.5 Å². The van der Waals surface area contributed by atoms with Crippen LogP contribution in [0.2, 0.25) is 0 Å². The van der Waals surface area contributed by atoms with Gasteiger partial charge in [0.25, 0.3) is 0 Å². The van der Waals surface area contributed by atoms with Crippen LogP contribution in [-0.2, 0) is 6.54 Å². The summed E-state index contributed by atoms with van der Waals surface area (Å²) in [5, 5.41) is 0.991. The zero-order valence-electron chi connectivity index (χ0n) is 14.1. The number of para-hydroxylation sites is 1. The monoisotopic (exact) mass is 339 g/mol. The summed E-state index contributed by atoms with van der Waals surface area (Å²) in [7, 11) is 3.82. The third-order valence-corrected chi connectivity index (χ3v) is 5.14. The molecule has 0 aliphatic rings. The SMILES string of the molecule is COc1ccccc1-c1ncc(CN(C)C(C)c2cccnc2)s1. The third kappa shape index (κ3) is 3.63. The van der Waals surface area contributed by atoms with Gasteiger partial charge < -0.3 is 4.74 Å².